The van der Waals surface area contributed by atoms with Crippen LogP contribution < -0.4 is 5.32 Å². The van der Waals surface area contributed by atoms with Gasteiger partial charge in [-0.1, -0.05) is 37.6 Å². The van der Waals surface area contributed by atoms with Gasteiger partial charge in [-0.15, -0.1) is 0 Å². The molecule has 5 nitrogen and oxygen atoms in total. The number of nitrogens with zero attached hydrogens (tertiary/aromatic N) is 4. The highest BCUT2D eigenvalue weighted by Gasteiger charge is 2.15. The van der Waals surface area contributed by atoms with Gasteiger partial charge >= 0.3 is 0 Å². The first-order valence-corrected chi connectivity index (χ1v) is 8.47. The Kier molecular flexibility index (Phi) is 6.26. The van der Waals surface area contributed by atoms with Crippen LogP contribution in [0.4, 0.5) is 0 Å². The second-order valence-corrected chi connectivity index (χ2v) is 6.69. The molecular weight excluding hydrogens is 322 g/mol. The predicted molar refractivity (Wildman–Crippen MR) is 100 cm³/mol. The first-order chi connectivity index (χ1) is 11.4. The van der Waals surface area contributed by atoms with Crippen molar-refractivity contribution in [2.75, 3.05) is 14.1 Å². The second kappa shape index (κ2) is 8.20. The van der Waals surface area contributed by atoms with Crippen LogP contribution in [-0.4, -0.2) is 34.7 Å². The summed E-state index contributed by atoms with van der Waals surface area (Å²) in [4.78, 5) is 6.49. The van der Waals surface area contributed by atoms with E-state index in [0.29, 0.717) is 12.5 Å². The average Bonchev–Trinajstić information content (AvgIpc) is 2.90. The Bertz CT molecular complexity index is 688. The van der Waals surface area contributed by atoms with Crippen molar-refractivity contribution in [3.63, 3.8) is 0 Å². The zero-order valence-electron chi connectivity index (χ0n) is 15.0. The third-order valence-electron chi connectivity index (χ3n) is 3.83. The fourth-order valence-electron chi connectivity index (χ4n) is 2.66. The maximum atomic E-state index is 5.92. The molecule has 1 N–H and O–H groups in total. The van der Waals surface area contributed by atoms with Crippen molar-refractivity contribution < 1.29 is 0 Å². The maximum absolute atomic E-state index is 5.92. The van der Waals surface area contributed by atoms with E-state index in [-0.39, 0.29) is 0 Å². The molecule has 0 aliphatic carbocycles. The molecular formula is C18H26ClN5. The maximum Gasteiger partial charge on any atom is 0.193 e. The van der Waals surface area contributed by atoms with E-state index < -0.39 is 0 Å². The number of guanidine groups is 1. The summed E-state index contributed by atoms with van der Waals surface area (Å²) in [5.74, 6) is 1.25. The third kappa shape index (κ3) is 4.74. The molecule has 0 saturated heterocycles. The van der Waals surface area contributed by atoms with Gasteiger partial charge in [0.1, 0.15) is 0 Å². The highest BCUT2D eigenvalue weighted by molar-refractivity contribution is 6.30. The molecule has 2 aromatic rings. The van der Waals surface area contributed by atoms with E-state index in [1.54, 1.807) is 7.05 Å². The van der Waals surface area contributed by atoms with Gasteiger partial charge in [-0.25, -0.2) is 0 Å². The first kappa shape index (κ1) is 18.3. The van der Waals surface area contributed by atoms with Gasteiger partial charge in [0.05, 0.1) is 5.69 Å². The zero-order valence-corrected chi connectivity index (χ0v) is 15.8. The number of halogens is 1. The standard InChI is InChI=1S/C18H26ClN5/c1-13(2)17-15(12-24(5)22-17)11-23(4)18(20-3)21-10-14-6-8-16(19)9-7-14/h6-9,12-13H,10-11H2,1-5H3,(H,20,21). The molecule has 0 amide bonds. The van der Waals surface area contributed by atoms with E-state index in [1.165, 1.54) is 5.56 Å². The lowest BCUT2D eigenvalue weighted by Crippen LogP contribution is -2.38. The van der Waals surface area contributed by atoms with Crippen LogP contribution >= 0.6 is 11.6 Å². The van der Waals surface area contributed by atoms with Crippen molar-refractivity contribution in [3.8, 4) is 0 Å². The van der Waals surface area contributed by atoms with Crippen molar-refractivity contribution >= 4 is 17.6 Å². The quantitative estimate of drug-likeness (QED) is 0.666. The molecule has 130 valence electrons. The number of hydrogen-bond acceptors (Lipinski definition) is 2. The number of aromatic nitrogens is 2. The minimum atomic E-state index is 0.402. The lowest BCUT2D eigenvalue weighted by molar-refractivity contribution is 0.473. The van der Waals surface area contributed by atoms with Gasteiger partial charge in [-0.05, 0) is 23.6 Å². The normalized spacial score (nSPS) is 11.9. The summed E-state index contributed by atoms with van der Waals surface area (Å²) in [6.45, 7) is 5.80. The largest absolute Gasteiger partial charge is 0.352 e. The summed E-state index contributed by atoms with van der Waals surface area (Å²) >= 11 is 5.92. The Morgan fingerprint density at radius 3 is 2.58 bits per heavy atom. The van der Waals surface area contributed by atoms with E-state index in [1.807, 2.05) is 43.0 Å². The number of aliphatic imine (C=N–C) groups is 1. The van der Waals surface area contributed by atoms with Crippen molar-refractivity contribution in [1.82, 2.24) is 20.0 Å². The topological polar surface area (TPSA) is 45.5 Å². The number of aryl methyl sites for hydroxylation is 1. The van der Waals surface area contributed by atoms with Gasteiger partial charge in [0.25, 0.3) is 0 Å². The summed E-state index contributed by atoms with van der Waals surface area (Å²) in [5.41, 5.74) is 3.53. The lowest BCUT2D eigenvalue weighted by Gasteiger charge is -2.22. The third-order valence-corrected chi connectivity index (χ3v) is 4.08. The molecule has 6 heteroatoms. The molecule has 0 atom stereocenters. The first-order valence-electron chi connectivity index (χ1n) is 8.09. The summed E-state index contributed by atoms with van der Waals surface area (Å²) in [6, 6.07) is 7.83. The van der Waals surface area contributed by atoms with E-state index in [2.05, 4.69) is 40.4 Å². The molecule has 0 spiro atoms. The van der Waals surface area contributed by atoms with Crippen LogP contribution in [0.15, 0.2) is 35.5 Å². The number of rotatable bonds is 5. The molecule has 2 rings (SSSR count). The number of hydrogen-bond donors (Lipinski definition) is 1. The van der Waals surface area contributed by atoms with Crippen LogP contribution in [-0.2, 0) is 20.1 Å². The second-order valence-electron chi connectivity index (χ2n) is 6.25. The van der Waals surface area contributed by atoms with E-state index in [4.69, 9.17) is 11.6 Å². The summed E-state index contributed by atoms with van der Waals surface area (Å²) < 4.78 is 1.88. The summed E-state index contributed by atoms with van der Waals surface area (Å²) in [5, 5.41) is 8.70. The Morgan fingerprint density at radius 2 is 2.00 bits per heavy atom. The van der Waals surface area contributed by atoms with Gasteiger partial charge in [-0.3, -0.25) is 9.67 Å². The molecule has 24 heavy (non-hydrogen) atoms. The SMILES string of the molecule is CN=C(NCc1ccc(Cl)cc1)N(C)Cc1cn(C)nc1C(C)C. The predicted octanol–water partition coefficient (Wildman–Crippen LogP) is 3.40. The van der Waals surface area contributed by atoms with Crippen molar-refractivity contribution in [2.45, 2.75) is 32.9 Å². The van der Waals surface area contributed by atoms with Crippen LogP contribution in [0.25, 0.3) is 0 Å². The average molecular weight is 348 g/mol. The lowest BCUT2D eigenvalue weighted by atomic mass is 10.1. The molecule has 0 fully saturated rings. The fraction of sp³-hybridized carbons (Fsp3) is 0.444. The number of benzene rings is 1. The highest BCUT2D eigenvalue weighted by atomic mass is 35.5. The van der Waals surface area contributed by atoms with Gasteiger partial charge in [0.2, 0.25) is 0 Å². The van der Waals surface area contributed by atoms with Crippen LogP contribution in [0, 0.1) is 0 Å². The number of nitrogens with one attached hydrogen (secondary N) is 1. The Balaban J connectivity index is 2.01. The highest BCUT2D eigenvalue weighted by Crippen LogP contribution is 2.18. The Hall–Kier alpha value is -2.01. The van der Waals surface area contributed by atoms with Crippen LogP contribution in [0.3, 0.4) is 0 Å². The minimum Gasteiger partial charge on any atom is -0.352 e. The zero-order chi connectivity index (χ0) is 17.7. The summed E-state index contributed by atoms with van der Waals surface area (Å²) in [6.07, 6.45) is 2.08. The van der Waals surface area contributed by atoms with Crippen molar-refractivity contribution in [1.29, 1.82) is 0 Å². The Labute approximate surface area is 149 Å². The molecule has 1 aromatic heterocycles. The van der Waals surface area contributed by atoms with Gasteiger partial charge in [0, 0.05) is 51.0 Å². The van der Waals surface area contributed by atoms with E-state index in [9.17, 15) is 0 Å². The van der Waals surface area contributed by atoms with Gasteiger partial charge in [0.15, 0.2) is 5.96 Å². The van der Waals surface area contributed by atoms with Gasteiger partial charge < -0.3 is 10.2 Å². The molecule has 0 unspecified atom stereocenters. The van der Waals surface area contributed by atoms with E-state index in [0.717, 1.165) is 28.8 Å². The fourth-order valence-corrected chi connectivity index (χ4v) is 2.79. The monoisotopic (exact) mass is 347 g/mol. The summed E-state index contributed by atoms with van der Waals surface area (Å²) in [7, 11) is 5.80. The molecule has 0 aliphatic rings. The molecule has 0 aliphatic heterocycles. The Morgan fingerprint density at radius 1 is 1.33 bits per heavy atom. The van der Waals surface area contributed by atoms with Crippen molar-refractivity contribution in [3.05, 3.63) is 52.3 Å². The molecule has 1 aromatic carbocycles. The molecule has 0 saturated carbocycles. The minimum absolute atomic E-state index is 0.402. The molecule has 0 radical (unpaired) electrons. The van der Waals surface area contributed by atoms with Crippen LogP contribution in [0.5, 0.6) is 0 Å². The van der Waals surface area contributed by atoms with Crippen molar-refractivity contribution in [2.24, 2.45) is 12.0 Å². The molecule has 0 bridgehead atoms. The smallest absolute Gasteiger partial charge is 0.193 e. The van der Waals surface area contributed by atoms with Crippen LogP contribution in [0.1, 0.15) is 36.6 Å². The van der Waals surface area contributed by atoms with E-state index >= 15 is 0 Å². The van der Waals surface area contributed by atoms with Gasteiger partial charge in [-0.2, -0.15) is 5.10 Å². The molecule has 1 heterocycles. The van der Waals surface area contributed by atoms with Crippen LogP contribution in [0.2, 0.25) is 5.02 Å².